The monoisotopic (exact) mass is 466 g/mol. The van der Waals surface area contributed by atoms with Crippen molar-refractivity contribution in [2.75, 3.05) is 13.2 Å². The van der Waals surface area contributed by atoms with Crippen molar-refractivity contribution in [1.29, 1.82) is 0 Å². The lowest BCUT2D eigenvalue weighted by atomic mass is 9.75. The fourth-order valence-electron chi connectivity index (χ4n) is 4.38. The van der Waals surface area contributed by atoms with Crippen LogP contribution in [0.4, 0.5) is 0 Å². The third-order valence-electron chi connectivity index (χ3n) is 7.01. The Labute approximate surface area is 207 Å². The van der Waals surface area contributed by atoms with Gasteiger partial charge in [-0.1, -0.05) is 100 Å². The quantitative estimate of drug-likeness (QED) is 0.442. The molecule has 0 spiro atoms. The number of hydrogen-bond acceptors (Lipinski definition) is 3. The van der Waals surface area contributed by atoms with E-state index in [1.54, 1.807) is 0 Å². The van der Waals surface area contributed by atoms with Crippen LogP contribution in [0, 0.1) is 0 Å². The van der Waals surface area contributed by atoms with Gasteiger partial charge in [-0.25, -0.2) is 0 Å². The molecular formula is C31H46O3. The van der Waals surface area contributed by atoms with Crippen LogP contribution >= 0.6 is 0 Å². The van der Waals surface area contributed by atoms with Crippen LogP contribution in [0.1, 0.15) is 115 Å². The van der Waals surface area contributed by atoms with Gasteiger partial charge in [0.1, 0.15) is 24.2 Å². The van der Waals surface area contributed by atoms with E-state index in [0.29, 0.717) is 12.4 Å². The zero-order chi connectivity index (χ0) is 25.6. The Hall–Kier alpha value is -2.00. The Morgan fingerprint density at radius 2 is 1.41 bits per heavy atom. The zero-order valence-corrected chi connectivity index (χ0v) is 23.3. The molecule has 1 aliphatic heterocycles. The van der Waals surface area contributed by atoms with Gasteiger partial charge in [-0.05, 0) is 39.4 Å². The highest BCUT2D eigenvalue weighted by molar-refractivity contribution is 5.56. The van der Waals surface area contributed by atoms with Crippen molar-refractivity contribution < 1.29 is 14.6 Å². The first kappa shape index (κ1) is 26.6. The molecule has 0 aliphatic carbocycles. The van der Waals surface area contributed by atoms with E-state index < -0.39 is 0 Å². The molecule has 0 aromatic heterocycles. The molecule has 188 valence electrons. The van der Waals surface area contributed by atoms with Crippen molar-refractivity contribution in [2.24, 2.45) is 0 Å². The van der Waals surface area contributed by atoms with Crippen molar-refractivity contribution in [3.8, 4) is 11.5 Å². The fraction of sp³-hybridized carbons (Fsp3) is 0.613. The van der Waals surface area contributed by atoms with Crippen LogP contribution in [0.3, 0.4) is 0 Å². The maximum Gasteiger partial charge on any atom is 0.126 e. The van der Waals surface area contributed by atoms with Crippen molar-refractivity contribution in [2.45, 2.75) is 111 Å². The molecule has 1 fully saturated rings. The van der Waals surface area contributed by atoms with Crippen molar-refractivity contribution in [3.63, 3.8) is 0 Å². The van der Waals surface area contributed by atoms with E-state index >= 15 is 0 Å². The number of benzene rings is 2. The number of hydrogen-bond donors (Lipinski definition) is 1. The summed E-state index contributed by atoms with van der Waals surface area (Å²) in [6, 6.07) is 8.99. The Bertz CT molecular complexity index is 1020. The van der Waals surface area contributed by atoms with Crippen molar-refractivity contribution in [1.82, 2.24) is 0 Å². The molecular weight excluding hydrogens is 420 g/mol. The highest BCUT2D eigenvalue weighted by atomic mass is 16.6. The van der Waals surface area contributed by atoms with Gasteiger partial charge in [0.15, 0.2) is 0 Å². The van der Waals surface area contributed by atoms with Crippen LogP contribution in [0.15, 0.2) is 24.3 Å². The van der Waals surface area contributed by atoms with Crippen LogP contribution in [0.5, 0.6) is 11.5 Å². The second-order valence-electron chi connectivity index (χ2n) is 13.1. The standard InChI is InChI=1S/C31H46O3/c1-12-20-13-21(29(3,4)5)14-24(27(20)32)19(2)25-15-22(30(6,7)8)16-26(31(9,10)11)28(25)34-18-23-17-33-23/h13-16,19,23,32H,12,17-18H2,1-11H3. The fourth-order valence-corrected chi connectivity index (χ4v) is 4.38. The molecule has 0 amide bonds. The van der Waals surface area contributed by atoms with Gasteiger partial charge in [0.2, 0.25) is 0 Å². The smallest absolute Gasteiger partial charge is 0.126 e. The van der Waals surface area contributed by atoms with Crippen molar-refractivity contribution in [3.05, 3.63) is 57.6 Å². The lowest BCUT2D eigenvalue weighted by Crippen LogP contribution is -2.21. The van der Waals surface area contributed by atoms with E-state index in [1.807, 2.05) is 0 Å². The van der Waals surface area contributed by atoms with E-state index in [2.05, 4.69) is 100 Å². The largest absolute Gasteiger partial charge is 0.507 e. The molecule has 3 rings (SSSR count). The summed E-state index contributed by atoms with van der Waals surface area (Å²) in [6.07, 6.45) is 0.982. The number of aryl methyl sites for hydroxylation is 1. The molecule has 2 atom stereocenters. The molecule has 1 N–H and O–H groups in total. The van der Waals surface area contributed by atoms with E-state index in [0.717, 1.165) is 35.5 Å². The summed E-state index contributed by atoms with van der Waals surface area (Å²) in [5.74, 6) is 1.34. The average Bonchev–Trinajstić information content (AvgIpc) is 3.53. The Kier molecular flexibility index (Phi) is 7.22. The zero-order valence-electron chi connectivity index (χ0n) is 23.3. The number of phenolic OH excluding ortho intramolecular Hbond substituents is 1. The summed E-state index contributed by atoms with van der Waals surface area (Å²) in [6.45, 7) is 25.9. The van der Waals surface area contributed by atoms with Gasteiger partial charge in [0.25, 0.3) is 0 Å². The summed E-state index contributed by atoms with van der Waals surface area (Å²) in [7, 11) is 0. The molecule has 2 aromatic carbocycles. The molecule has 1 saturated heterocycles. The first-order valence-corrected chi connectivity index (χ1v) is 12.8. The maximum absolute atomic E-state index is 11.3. The summed E-state index contributed by atoms with van der Waals surface area (Å²) in [5.41, 5.74) is 6.78. The molecule has 3 heteroatoms. The molecule has 2 unspecified atom stereocenters. The summed E-state index contributed by atoms with van der Waals surface area (Å²) >= 11 is 0. The van der Waals surface area contributed by atoms with Crippen LogP contribution in [-0.4, -0.2) is 24.4 Å². The Morgan fingerprint density at radius 3 is 1.88 bits per heavy atom. The van der Waals surface area contributed by atoms with Gasteiger partial charge in [0, 0.05) is 22.6 Å². The molecule has 0 radical (unpaired) electrons. The lowest BCUT2D eigenvalue weighted by Gasteiger charge is -2.31. The Balaban J connectivity index is 2.28. The van der Waals surface area contributed by atoms with Crippen LogP contribution in [0.2, 0.25) is 0 Å². The van der Waals surface area contributed by atoms with Crippen LogP contribution < -0.4 is 4.74 Å². The van der Waals surface area contributed by atoms with Gasteiger partial charge >= 0.3 is 0 Å². The highest BCUT2D eigenvalue weighted by Crippen LogP contribution is 2.45. The second-order valence-corrected chi connectivity index (χ2v) is 13.1. The van der Waals surface area contributed by atoms with Crippen LogP contribution in [0.25, 0.3) is 0 Å². The molecule has 0 bridgehead atoms. The SMILES string of the molecule is CCc1cc(C(C)(C)C)cc(C(C)c2cc(C(C)(C)C)cc(C(C)(C)C)c2OCC2CO2)c1O. The minimum Gasteiger partial charge on any atom is -0.507 e. The molecule has 2 aromatic rings. The topological polar surface area (TPSA) is 42.0 Å². The van der Waals surface area contributed by atoms with Gasteiger partial charge in [0.05, 0.1) is 6.61 Å². The number of epoxide rings is 1. The molecule has 0 saturated carbocycles. The van der Waals surface area contributed by atoms with Gasteiger partial charge < -0.3 is 14.6 Å². The highest BCUT2D eigenvalue weighted by Gasteiger charge is 2.32. The third-order valence-corrected chi connectivity index (χ3v) is 7.01. The summed E-state index contributed by atoms with van der Waals surface area (Å²) in [4.78, 5) is 0. The first-order valence-electron chi connectivity index (χ1n) is 12.8. The molecule has 1 heterocycles. The summed E-state index contributed by atoms with van der Waals surface area (Å²) < 4.78 is 12.0. The predicted octanol–water partition coefficient (Wildman–Crippen LogP) is 7.78. The van der Waals surface area contributed by atoms with Crippen molar-refractivity contribution >= 4 is 0 Å². The lowest BCUT2D eigenvalue weighted by molar-refractivity contribution is 0.255. The predicted molar refractivity (Wildman–Crippen MR) is 143 cm³/mol. The normalized spacial score (nSPS) is 17.6. The van der Waals surface area contributed by atoms with E-state index in [9.17, 15) is 5.11 Å². The van der Waals surface area contributed by atoms with Gasteiger partial charge in [-0.15, -0.1) is 0 Å². The van der Waals surface area contributed by atoms with Crippen LogP contribution in [-0.2, 0) is 27.4 Å². The van der Waals surface area contributed by atoms with Gasteiger partial charge in [-0.2, -0.15) is 0 Å². The minimum absolute atomic E-state index is 0.00143. The number of aromatic hydroxyl groups is 1. The van der Waals surface area contributed by atoms with E-state index in [1.165, 1.54) is 16.7 Å². The molecule has 1 aliphatic rings. The third kappa shape index (κ3) is 5.79. The molecule has 3 nitrogen and oxygen atoms in total. The minimum atomic E-state index is -0.0840. The Morgan fingerprint density at radius 1 is 0.882 bits per heavy atom. The van der Waals surface area contributed by atoms with E-state index in [4.69, 9.17) is 9.47 Å². The first-order chi connectivity index (χ1) is 15.5. The number of rotatable bonds is 6. The number of phenols is 1. The number of ether oxygens (including phenoxy) is 2. The maximum atomic E-state index is 11.3. The second kappa shape index (κ2) is 9.22. The average molecular weight is 467 g/mol. The summed E-state index contributed by atoms with van der Waals surface area (Å²) in [5, 5.41) is 11.3. The molecule has 34 heavy (non-hydrogen) atoms. The van der Waals surface area contributed by atoms with Gasteiger partial charge in [-0.3, -0.25) is 0 Å². The van der Waals surface area contributed by atoms with E-state index in [-0.39, 0.29) is 28.3 Å².